The lowest BCUT2D eigenvalue weighted by Gasteiger charge is -2.10. The van der Waals surface area contributed by atoms with Crippen LogP contribution in [0.3, 0.4) is 0 Å². The summed E-state index contributed by atoms with van der Waals surface area (Å²) in [6.07, 6.45) is 4.35. The molecule has 88 valence electrons. The standard InChI is InChI=1S/C14H20O2/c1-12(6-5-9-14(15)16)10-11-13-7-3-2-4-8-13/h2-4,7-8,12H,5-6,9-11H2,1H3,(H,15,16). The van der Waals surface area contributed by atoms with Crippen molar-refractivity contribution in [3.8, 4) is 0 Å². The van der Waals surface area contributed by atoms with Crippen LogP contribution in [0.25, 0.3) is 0 Å². The van der Waals surface area contributed by atoms with Gasteiger partial charge in [-0.1, -0.05) is 43.7 Å². The van der Waals surface area contributed by atoms with Crippen LogP contribution < -0.4 is 0 Å². The van der Waals surface area contributed by atoms with E-state index in [2.05, 4.69) is 31.2 Å². The second-order valence-electron chi connectivity index (χ2n) is 4.42. The van der Waals surface area contributed by atoms with Crippen molar-refractivity contribution in [2.24, 2.45) is 5.92 Å². The molecule has 2 nitrogen and oxygen atoms in total. The number of aryl methyl sites for hydroxylation is 1. The molecule has 1 N–H and O–H groups in total. The molecule has 1 atom stereocenters. The van der Waals surface area contributed by atoms with E-state index >= 15 is 0 Å². The van der Waals surface area contributed by atoms with E-state index in [0.29, 0.717) is 12.3 Å². The van der Waals surface area contributed by atoms with Crippen molar-refractivity contribution in [2.75, 3.05) is 0 Å². The minimum atomic E-state index is -0.685. The molecule has 2 heteroatoms. The molecule has 1 rings (SSSR count). The van der Waals surface area contributed by atoms with E-state index < -0.39 is 5.97 Å². The fourth-order valence-corrected chi connectivity index (χ4v) is 1.80. The first-order chi connectivity index (χ1) is 7.68. The molecule has 0 heterocycles. The molecule has 0 aliphatic heterocycles. The van der Waals surface area contributed by atoms with Crippen LogP contribution in [0.1, 0.15) is 38.2 Å². The van der Waals surface area contributed by atoms with Gasteiger partial charge in [-0.05, 0) is 30.7 Å². The van der Waals surface area contributed by atoms with Crippen molar-refractivity contribution < 1.29 is 9.90 Å². The summed E-state index contributed by atoms with van der Waals surface area (Å²) in [5, 5.41) is 8.53. The van der Waals surface area contributed by atoms with Crippen LogP contribution in [0.2, 0.25) is 0 Å². The second-order valence-corrected chi connectivity index (χ2v) is 4.42. The van der Waals surface area contributed by atoms with Crippen LogP contribution in [0.5, 0.6) is 0 Å². The third-order valence-corrected chi connectivity index (χ3v) is 2.86. The van der Waals surface area contributed by atoms with Crippen molar-refractivity contribution in [2.45, 2.75) is 39.0 Å². The van der Waals surface area contributed by atoms with Gasteiger partial charge in [-0.15, -0.1) is 0 Å². The highest BCUT2D eigenvalue weighted by atomic mass is 16.4. The molecule has 0 aliphatic rings. The zero-order chi connectivity index (χ0) is 11.8. The lowest BCUT2D eigenvalue weighted by molar-refractivity contribution is -0.137. The molecule has 1 aromatic carbocycles. The van der Waals surface area contributed by atoms with E-state index in [1.165, 1.54) is 5.56 Å². The molecular weight excluding hydrogens is 200 g/mol. The van der Waals surface area contributed by atoms with Gasteiger partial charge in [0.25, 0.3) is 0 Å². The Kier molecular flexibility index (Phi) is 5.62. The summed E-state index contributed by atoms with van der Waals surface area (Å²) in [5.74, 6) is -0.0742. The maximum atomic E-state index is 10.4. The van der Waals surface area contributed by atoms with E-state index in [0.717, 1.165) is 25.7 Å². The lowest BCUT2D eigenvalue weighted by Crippen LogP contribution is -2.00. The zero-order valence-electron chi connectivity index (χ0n) is 9.86. The number of carboxylic acid groups (broad SMARTS) is 1. The van der Waals surface area contributed by atoms with Gasteiger partial charge in [0.2, 0.25) is 0 Å². The van der Waals surface area contributed by atoms with Gasteiger partial charge in [0.1, 0.15) is 0 Å². The summed E-state index contributed by atoms with van der Waals surface area (Å²) < 4.78 is 0. The molecule has 1 aromatic rings. The number of benzene rings is 1. The Balaban J connectivity index is 2.15. The topological polar surface area (TPSA) is 37.3 Å². The van der Waals surface area contributed by atoms with Crippen LogP contribution in [-0.2, 0) is 11.2 Å². The monoisotopic (exact) mass is 220 g/mol. The van der Waals surface area contributed by atoms with E-state index in [-0.39, 0.29) is 0 Å². The Bertz CT molecular complexity index is 306. The van der Waals surface area contributed by atoms with Gasteiger partial charge in [0.15, 0.2) is 0 Å². The average Bonchev–Trinajstić information content (AvgIpc) is 2.27. The molecule has 0 bridgehead atoms. The normalized spacial score (nSPS) is 12.3. The van der Waals surface area contributed by atoms with Gasteiger partial charge in [-0.2, -0.15) is 0 Å². The highest BCUT2D eigenvalue weighted by Gasteiger charge is 2.04. The van der Waals surface area contributed by atoms with Crippen LogP contribution >= 0.6 is 0 Å². The molecule has 0 spiro atoms. The summed E-state index contributed by atoms with van der Waals surface area (Å²) >= 11 is 0. The molecule has 0 saturated heterocycles. The SMILES string of the molecule is CC(CCCC(=O)O)CCc1ccccc1. The maximum absolute atomic E-state index is 10.4. The molecule has 0 saturated carbocycles. The lowest BCUT2D eigenvalue weighted by atomic mass is 9.96. The van der Waals surface area contributed by atoms with Gasteiger partial charge in [-0.25, -0.2) is 0 Å². The number of carbonyl (C=O) groups is 1. The van der Waals surface area contributed by atoms with Gasteiger partial charge < -0.3 is 5.11 Å². The molecule has 0 fully saturated rings. The minimum Gasteiger partial charge on any atom is -0.481 e. The summed E-state index contributed by atoms with van der Waals surface area (Å²) in [6, 6.07) is 10.4. The Hall–Kier alpha value is -1.31. The first-order valence-electron chi connectivity index (χ1n) is 5.94. The molecule has 1 unspecified atom stereocenters. The predicted octanol–water partition coefficient (Wildman–Crippen LogP) is 3.51. The highest BCUT2D eigenvalue weighted by Crippen LogP contribution is 2.15. The highest BCUT2D eigenvalue weighted by molar-refractivity contribution is 5.66. The number of carboxylic acids is 1. The van der Waals surface area contributed by atoms with Crippen molar-refractivity contribution in [1.82, 2.24) is 0 Å². The molecule has 0 aromatic heterocycles. The maximum Gasteiger partial charge on any atom is 0.303 e. The Morgan fingerprint density at radius 2 is 1.94 bits per heavy atom. The zero-order valence-corrected chi connectivity index (χ0v) is 9.86. The fourth-order valence-electron chi connectivity index (χ4n) is 1.80. The Morgan fingerprint density at radius 3 is 2.56 bits per heavy atom. The van der Waals surface area contributed by atoms with Crippen molar-refractivity contribution in [3.05, 3.63) is 35.9 Å². The smallest absolute Gasteiger partial charge is 0.303 e. The predicted molar refractivity (Wildman–Crippen MR) is 65.4 cm³/mol. The number of hydrogen-bond acceptors (Lipinski definition) is 1. The van der Waals surface area contributed by atoms with Crippen LogP contribution in [0, 0.1) is 5.92 Å². The van der Waals surface area contributed by atoms with Gasteiger partial charge in [0.05, 0.1) is 0 Å². The summed E-state index contributed by atoms with van der Waals surface area (Å²) in [4.78, 5) is 10.4. The fraction of sp³-hybridized carbons (Fsp3) is 0.500. The molecule has 16 heavy (non-hydrogen) atoms. The van der Waals surface area contributed by atoms with Gasteiger partial charge in [-0.3, -0.25) is 4.79 Å². The average molecular weight is 220 g/mol. The summed E-state index contributed by atoms with van der Waals surface area (Å²) in [5.41, 5.74) is 1.37. The van der Waals surface area contributed by atoms with Crippen LogP contribution in [-0.4, -0.2) is 11.1 Å². The van der Waals surface area contributed by atoms with E-state index in [9.17, 15) is 4.79 Å². The summed E-state index contributed by atoms with van der Waals surface area (Å²) in [6.45, 7) is 2.20. The molecule has 0 aliphatic carbocycles. The third-order valence-electron chi connectivity index (χ3n) is 2.86. The van der Waals surface area contributed by atoms with Crippen molar-refractivity contribution in [1.29, 1.82) is 0 Å². The Morgan fingerprint density at radius 1 is 1.25 bits per heavy atom. The number of rotatable bonds is 7. The van der Waals surface area contributed by atoms with E-state index in [1.54, 1.807) is 0 Å². The quantitative estimate of drug-likeness (QED) is 0.763. The first-order valence-corrected chi connectivity index (χ1v) is 5.94. The van der Waals surface area contributed by atoms with Crippen LogP contribution in [0.4, 0.5) is 0 Å². The van der Waals surface area contributed by atoms with Gasteiger partial charge >= 0.3 is 5.97 Å². The van der Waals surface area contributed by atoms with Crippen molar-refractivity contribution in [3.63, 3.8) is 0 Å². The first kappa shape index (κ1) is 12.8. The second kappa shape index (κ2) is 7.04. The minimum absolute atomic E-state index is 0.301. The Labute approximate surface area is 97.3 Å². The van der Waals surface area contributed by atoms with Gasteiger partial charge in [0, 0.05) is 6.42 Å². The van der Waals surface area contributed by atoms with E-state index in [1.807, 2.05) is 6.07 Å². The number of aliphatic carboxylic acids is 1. The van der Waals surface area contributed by atoms with E-state index in [4.69, 9.17) is 5.11 Å². The van der Waals surface area contributed by atoms with Crippen LogP contribution in [0.15, 0.2) is 30.3 Å². The molecule has 0 amide bonds. The third kappa shape index (κ3) is 5.54. The largest absolute Gasteiger partial charge is 0.481 e. The molecular formula is C14H20O2. The summed E-state index contributed by atoms with van der Waals surface area (Å²) in [7, 11) is 0. The molecule has 0 radical (unpaired) electrons. The van der Waals surface area contributed by atoms with Crippen molar-refractivity contribution >= 4 is 5.97 Å². The number of hydrogen-bond donors (Lipinski definition) is 1.